The van der Waals surface area contributed by atoms with Gasteiger partial charge in [0.2, 0.25) is 15.9 Å². The van der Waals surface area contributed by atoms with Crippen molar-refractivity contribution in [3.8, 4) is 0 Å². The smallest absolute Gasteiger partial charge is 0.243 e. The highest BCUT2D eigenvalue weighted by Crippen LogP contribution is 2.27. The van der Waals surface area contributed by atoms with Gasteiger partial charge in [-0.3, -0.25) is 4.79 Å². The molecule has 3 aromatic carbocycles. The van der Waals surface area contributed by atoms with Gasteiger partial charge >= 0.3 is 0 Å². The Kier molecular flexibility index (Phi) is 6.93. The Morgan fingerprint density at radius 2 is 1.33 bits per heavy atom. The molecule has 2 atom stereocenters. The van der Waals surface area contributed by atoms with E-state index in [1.54, 1.807) is 12.1 Å². The maximum atomic E-state index is 13.3. The predicted molar refractivity (Wildman–Crippen MR) is 129 cm³/mol. The van der Waals surface area contributed by atoms with Gasteiger partial charge in [-0.15, -0.1) is 0 Å². The first kappa shape index (κ1) is 23.2. The van der Waals surface area contributed by atoms with E-state index in [4.69, 9.17) is 4.74 Å². The van der Waals surface area contributed by atoms with Crippen LogP contribution in [0.1, 0.15) is 30.9 Å². The van der Waals surface area contributed by atoms with Crippen molar-refractivity contribution in [3.63, 3.8) is 0 Å². The molecule has 1 aliphatic heterocycles. The molecule has 0 spiro atoms. The molecule has 33 heavy (non-hydrogen) atoms. The highest BCUT2D eigenvalue weighted by molar-refractivity contribution is 7.89. The number of morpholine rings is 1. The summed E-state index contributed by atoms with van der Waals surface area (Å²) in [5.74, 6) is -0.661. The molecule has 1 amide bonds. The molecule has 3 aromatic rings. The van der Waals surface area contributed by atoms with Crippen molar-refractivity contribution in [3.05, 3.63) is 96.1 Å². The number of ether oxygens (including phenoxy) is 1. The zero-order chi connectivity index (χ0) is 23.4. The summed E-state index contributed by atoms with van der Waals surface area (Å²) in [5.41, 5.74) is 2.31. The number of amides is 1. The molecule has 0 aliphatic carbocycles. The zero-order valence-corrected chi connectivity index (χ0v) is 19.5. The van der Waals surface area contributed by atoms with Crippen molar-refractivity contribution in [1.29, 1.82) is 0 Å². The van der Waals surface area contributed by atoms with E-state index in [9.17, 15) is 13.2 Å². The van der Waals surface area contributed by atoms with Gasteiger partial charge in [-0.2, -0.15) is 4.31 Å². The van der Waals surface area contributed by atoms with Gasteiger partial charge in [0.25, 0.3) is 0 Å². The largest absolute Gasteiger partial charge is 0.373 e. The van der Waals surface area contributed by atoms with Crippen LogP contribution in [0.2, 0.25) is 0 Å². The quantitative estimate of drug-likeness (QED) is 0.592. The number of hydrogen-bond donors (Lipinski definition) is 1. The van der Waals surface area contributed by atoms with Gasteiger partial charge in [0.1, 0.15) is 0 Å². The van der Waals surface area contributed by atoms with E-state index in [0.717, 1.165) is 11.1 Å². The number of carbonyl (C=O) groups is 1. The standard InChI is InChI=1S/C26H28N2O4S/c1-19-17-28(18-20(2)32-19)33(30,31)24-15-13-23(14-16-24)27-26(29)25(21-9-5-3-6-10-21)22-11-7-4-8-12-22/h3-16,19-20,25H,17-18H2,1-2H3,(H,27,29). The number of nitrogens with zero attached hydrogens (tertiary/aromatic N) is 1. The maximum absolute atomic E-state index is 13.3. The van der Waals surface area contributed by atoms with E-state index < -0.39 is 15.9 Å². The Morgan fingerprint density at radius 3 is 1.82 bits per heavy atom. The average Bonchev–Trinajstić information content (AvgIpc) is 2.80. The van der Waals surface area contributed by atoms with Crippen molar-refractivity contribution in [1.82, 2.24) is 4.31 Å². The average molecular weight is 465 g/mol. The van der Waals surface area contributed by atoms with E-state index in [1.165, 1.54) is 16.4 Å². The van der Waals surface area contributed by atoms with Gasteiger partial charge in [-0.25, -0.2) is 8.42 Å². The number of carbonyl (C=O) groups excluding carboxylic acids is 1. The molecule has 6 nitrogen and oxygen atoms in total. The fraction of sp³-hybridized carbons (Fsp3) is 0.269. The summed E-state index contributed by atoms with van der Waals surface area (Å²) in [6, 6.07) is 25.5. The molecule has 0 saturated carbocycles. The lowest BCUT2D eigenvalue weighted by Crippen LogP contribution is -2.48. The van der Waals surface area contributed by atoms with Gasteiger partial charge < -0.3 is 10.1 Å². The number of nitrogens with one attached hydrogen (secondary N) is 1. The highest BCUT2D eigenvalue weighted by Gasteiger charge is 2.32. The summed E-state index contributed by atoms with van der Waals surface area (Å²) < 4.78 is 33.3. The molecule has 0 radical (unpaired) electrons. The van der Waals surface area contributed by atoms with Gasteiger partial charge in [0.05, 0.1) is 23.0 Å². The zero-order valence-electron chi connectivity index (χ0n) is 18.7. The van der Waals surface area contributed by atoms with Crippen LogP contribution in [0.5, 0.6) is 0 Å². The molecular formula is C26H28N2O4S. The maximum Gasteiger partial charge on any atom is 0.243 e. The summed E-state index contributed by atoms with van der Waals surface area (Å²) in [4.78, 5) is 13.5. The normalized spacial score (nSPS) is 19.4. The molecule has 1 heterocycles. The van der Waals surface area contributed by atoms with Crippen LogP contribution in [-0.2, 0) is 19.6 Å². The van der Waals surface area contributed by atoms with Crippen LogP contribution in [-0.4, -0.2) is 43.9 Å². The number of sulfonamides is 1. The molecule has 7 heteroatoms. The predicted octanol–water partition coefficient (Wildman–Crippen LogP) is 4.26. The van der Waals surface area contributed by atoms with Crippen molar-refractivity contribution < 1.29 is 17.9 Å². The molecule has 172 valence electrons. The molecule has 1 N–H and O–H groups in total. The Balaban J connectivity index is 1.54. The summed E-state index contributed by atoms with van der Waals surface area (Å²) in [6.45, 7) is 4.38. The van der Waals surface area contributed by atoms with E-state index in [0.29, 0.717) is 18.8 Å². The lowest BCUT2D eigenvalue weighted by Gasteiger charge is -2.34. The molecule has 0 aromatic heterocycles. The molecule has 0 bridgehead atoms. The lowest BCUT2D eigenvalue weighted by molar-refractivity contribution is -0.116. The first-order valence-corrected chi connectivity index (χ1v) is 12.4. The van der Waals surface area contributed by atoms with E-state index in [2.05, 4.69) is 5.32 Å². The second-order valence-corrected chi connectivity index (χ2v) is 10.3. The van der Waals surface area contributed by atoms with E-state index in [1.807, 2.05) is 74.5 Å². The summed E-state index contributed by atoms with van der Waals surface area (Å²) in [6.07, 6.45) is -0.315. The Hall–Kier alpha value is -3.00. The van der Waals surface area contributed by atoms with Crippen molar-refractivity contribution in [2.75, 3.05) is 18.4 Å². The number of benzene rings is 3. The summed E-state index contributed by atoms with van der Waals surface area (Å²) in [7, 11) is -3.63. The topological polar surface area (TPSA) is 75.7 Å². The van der Waals surface area contributed by atoms with Crippen molar-refractivity contribution in [2.24, 2.45) is 0 Å². The third kappa shape index (κ3) is 5.33. The second kappa shape index (κ2) is 9.87. The Labute approximate surface area is 195 Å². The summed E-state index contributed by atoms with van der Waals surface area (Å²) in [5, 5.41) is 2.94. The fourth-order valence-corrected chi connectivity index (χ4v) is 5.78. The minimum absolute atomic E-state index is 0.157. The van der Waals surface area contributed by atoms with E-state index in [-0.39, 0.29) is 23.0 Å². The number of hydrogen-bond acceptors (Lipinski definition) is 4. The van der Waals surface area contributed by atoms with E-state index >= 15 is 0 Å². The highest BCUT2D eigenvalue weighted by atomic mass is 32.2. The van der Waals surface area contributed by atoms with Crippen molar-refractivity contribution in [2.45, 2.75) is 36.9 Å². The third-order valence-corrected chi connectivity index (χ3v) is 7.52. The Morgan fingerprint density at radius 1 is 0.848 bits per heavy atom. The fourth-order valence-electron chi connectivity index (χ4n) is 4.19. The van der Waals surface area contributed by atoms with Crippen LogP contribution in [0.4, 0.5) is 5.69 Å². The molecule has 1 saturated heterocycles. The van der Waals surface area contributed by atoms with Gasteiger partial charge in [0.15, 0.2) is 0 Å². The third-order valence-electron chi connectivity index (χ3n) is 5.67. The second-order valence-electron chi connectivity index (χ2n) is 8.35. The molecule has 1 fully saturated rings. The van der Waals surface area contributed by atoms with Gasteiger partial charge in [-0.1, -0.05) is 60.7 Å². The van der Waals surface area contributed by atoms with Crippen LogP contribution in [0, 0.1) is 0 Å². The van der Waals surface area contributed by atoms with Crippen LogP contribution in [0.15, 0.2) is 89.8 Å². The lowest BCUT2D eigenvalue weighted by atomic mass is 9.90. The monoisotopic (exact) mass is 464 g/mol. The number of anilines is 1. The minimum Gasteiger partial charge on any atom is -0.373 e. The molecular weight excluding hydrogens is 436 g/mol. The molecule has 2 unspecified atom stereocenters. The van der Waals surface area contributed by atoms with Crippen molar-refractivity contribution >= 4 is 21.6 Å². The van der Waals surface area contributed by atoms with Gasteiger partial charge in [-0.05, 0) is 49.2 Å². The number of rotatable bonds is 6. The molecule has 1 aliphatic rings. The van der Waals surface area contributed by atoms with Crippen LogP contribution in [0.25, 0.3) is 0 Å². The van der Waals surface area contributed by atoms with Crippen LogP contribution >= 0.6 is 0 Å². The SMILES string of the molecule is CC1CN(S(=O)(=O)c2ccc(NC(=O)C(c3ccccc3)c3ccccc3)cc2)CC(C)O1. The first-order chi connectivity index (χ1) is 15.8. The molecule has 4 rings (SSSR count). The van der Waals surface area contributed by atoms with Crippen LogP contribution < -0.4 is 5.32 Å². The summed E-state index contributed by atoms with van der Waals surface area (Å²) >= 11 is 0. The van der Waals surface area contributed by atoms with Crippen LogP contribution in [0.3, 0.4) is 0 Å². The minimum atomic E-state index is -3.63. The Bertz CT molecular complexity index is 1130. The van der Waals surface area contributed by atoms with Gasteiger partial charge in [0, 0.05) is 18.8 Å². The first-order valence-electron chi connectivity index (χ1n) is 11.0.